The largest absolute Gasteiger partial charge is 0.497 e. The van der Waals surface area contributed by atoms with Gasteiger partial charge in [-0.2, -0.15) is 0 Å². The van der Waals surface area contributed by atoms with Crippen LogP contribution in [0.2, 0.25) is 5.02 Å². The molecule has 6 heteroatoms. The maximum Gasteiger partial charge on any atom is 0.322 e. The van der Waals surface area contributed by atoms with E-state index < -0.39 is 0 Å². The van der Waals surface area contributed by atoms with Crippen molar-refractivity contribution < 1.29 is 9.53 Å². The van der Waals surface area contributed by atoms with Gasteiger partial charge in [-0.05, 0) is 67.3 Å². The lowest BCUT2D eigenvalue weighted by Gasteiger charge is -2.36. The number of nitrogens with zero attached hydrogens (tertiary/aromatic N) is 1. The molecule has 1 atom stereocenters. The van der Waals surface area contributed by atoms with Crippen molar-refractivity contribution in [1.29, 1.82) is 0 Å². The number of aromatic amines is 1. The Kier molecular flexibility index (Phi) is 5.51. The number of urea groups is 1. The zero-order valence-corrected chi connectivity index (χ0v) is 19.7. The standard InChI is InChI=1S/C27H26ClN3O2/c1-16-4-7-18(8-5-16)26-25-21(22-15-20(33-3)10-11-24(22)30-25)12-13-31(26)27(32)29-19-9-6-17(2)23(28)14-19/h4-11,14-15,26,30H,12-13H2,1-3H3,(H,29,32). The predicted molar refractivity (Wildman–Crippen MR) is 133 cm³/mol. The third-order valence-corrected chi connectivity index (χ3v) is 6.82. The third kappa shape index (κ3) is 3.93. The number of anilines is 1. The van der Waals surface area contributed by atoms with Crippen LogP contribution in [0, 0.1) is 13.8 Å². The molecule has 2 N–H and O–H groups in total. The lowest BCUT2D eigenvalue weighted by Crippen LogP contribution is -2.43. The predicted octanol–water partition coefficient (Wildman–Crippen LogP) is 6.63. The zero-order valence-electron chi connectivity index (χ0n) is 18.9. The van der Waals surface area contributed by atoms with Gasteiger partial charge in [-0.1, -0.05) is 47.5 Å². The van der Waals surface area contributed by atoms with Crippen LogP contribution in [0.25, 0.3) is 10.9 Å². The molecule has 0 saturated heterocycles. The number of rotatable bonds is 3. The van der Waals surface area contributed by atoms with Crippen LogP contribution in [0.4, 0.5) is 10.5 Å². The van der Waals surface area contributed by atoms with E-state index in [4.69, 9.17) is 16.3 Å². The molecule has 33 heavy (non-hydrogen) atoms. The molecule has 0 radical (unpaired) electrons. The molecule has 5 rings (SSSR count). The Morgan fingerprint density at radius 3 is 2.61 bits per heavy atom. The van der Waals surface area contributed by atoms with Crippen molar-refractivity contribution in [3.8, 4) is 5.75 Å². The topological polar surface area (TPSA) is 57.4 Å². The van der Waals surface area contributed by atoms with E-state index in [1.54, 1.807) is 13.2 Å². The van der Waals surface area contributed by atoms with Gasteiger partial charge in [0, 0.05) is 33.9 Å². The van der Waals surface area contributed by atoms with Gasteiger partial charge in [0.1, 0.15) is 5.75 Å². The smallest absolute Gasteiger partial charge is 0.322 e. The maximum absolute atomic E-state index is 13.5. The summed E-state index contributed by atoms with van der Waals surface area (Å²) in [4.78, 5) is 19.0. The molecule has 0 spiro atoms. The van der Waals surface area contributed by atoms with Gasteiger partial charge < -0.3 is 19.9 Å². The molecule has 0 aliphatic carbocycles. The molecule has 0 bridgehead atoms. The zero-order chi connectivity index (χ0) is 23.1. The molecule has 0 saturated carbocycles. The fraction of sp³-hybridized carbons (Fsp3) is 0.222. The fourth-order valence-electron chi connectivity index (χ4n) is 4.57. The van der Waals surface area contributed by atoms with Crippen molar-refractivity contribution in [3.63, 3.8) is 0 Å². The molecule has 0 fully saturated rings. The minimum Gasteiger partial charge on any atom is -0.497 e. The number of nitrogens with one attached hydrogen (secondary N) is 2. The number of methoxy groups -OCH3 is 1. The second-order valence-corrected chi connectivity index (χ2v) is 8.99. The average Bonchev–Trinajstić information content (AvgIpc) is 3.19. The first-order valence-corrected chi connectivity index (χ1v) is 11.4. The molecule has 1 aliphatic rings. The van der Waals surface area contributed by atoms with Crippen LogP contribution >= 0.6 is 11.6 Å². The lowest BCUT2D eigenvalue weighted by atomic mass is 9.92. The molecule has 1 unspecified atom stereocenters. The highest BCUT2D eigenvalue weighted by atomic mass is 35.5. The Bertz CT molecular complexity index is 1340. The van der Waals surface area contributed by atoms with Crippen LogP contribution < -0.4 is 10.1 Å². The number of aryl methyl sites for hydroxylation is 2. The van der Waals surface area contributed by atoms with E-state index in [1.165, 1.54) is 11.1 Å². The van der Waals surface area contributed by atoms with E-state index in [2.05, 4.69) is 47.6 Å². The summed E-state index contributed by atoms with van der Waals surface area (Å²) >= 11 is 6.28. The van der Waals surface area contributed by atoms with Crippen molar-refractivity contribution in [3.05, 3.63) is 93.6 Å². The van der Waals surface area contributed by atoms with E-state index in [0.29, 0.717) is 17.3 Å². The van der Waals surface area contributed by atoms with E-state index in [9.17, 15) is 4.79 Å². The van der Waals surface area contributed by atoms with Crippen molar-refractivity contribution in [2.75, 3.05) is 19.0 Å². The first-order chi connectivity index (χ1) is 15.9. The van der Waals surface area contributed by atoms with Crippen LogP contribution in [-0.4, -0.2) is 29.6 Å². The van der Waals surface area contributed by atoms with E-state index in [0.717, 1.165) is 39.9 Å². The van der Waals surface area contributed by atoms with E-state index >= 15 is 0 Å². The van der Waals surface area contributed by atoms with E-state index in [-0.39, 0.29) is 12.1 Å². The number of amides is 2. The number of carbonyl (C=O) groups excluding carboxylic acids is 1. The molecular formula is C27H26ClN3O2. The van der Waals surface area contributed by atoms with Crippen LogP contribution in [0.3, 0.4) is 0 Å². The van der Waals surface area contributed by atoms with Crippen molar-refractivity contribution >= 4 is 34.2 Å². The highest BCUT2D eigenvalue weighted by Crippen LogP contribution is 2.39. The maximum atomic E-state index is 13.5. The van der Waals surface area contributed by atoms with Gasteiger partial charge in [0.2, 0.25) is 0 Å². The SMILES string of the molecule is COc1ccc2[nH]c3c(c2c1)CCN(C(=O)Nc1ccc(C)c(Cl)c1)C3c1ccc(C)cc1. The number of halogens is 1. The quantitative estimate of drug-likeness (QED) is 0.361. The number of carbonyl (C=O) groups is 1. The number of benzene rings is 3. The molecule has 1 aromatic heterocycles. The highest BCUT2D eigenvalue weighted by molar-refractivity contribution is 6.31. The molecule has 2 heterocycles. The summed E-state index contributed by atoms with van der Waals surface area (Å²) in [6.45, 7) is 4.61. The second-order valence-electron chi connectivity index (χ2n) is 8.58. The Hall–Kier alpha value is -3.44. The van der Waals surface area contributed by atoms with Gasteiger partial charge in [0.25, 0.3) is 0 Å². The Labute approximate surface area is 198 Å². The first kappa shape index (κ1) is 21.4. The van der Waals surface area contributed by atoms with E-state index in [1.807, 2.05) is 36.1 Å². The van der Waals surface area contributed by atoms with Gasteiger partial charge in [-0.3, -0.25) is 0 Å². The van der Waals surface area contributed by atoms with Crippen LogP contribution in [0.5, 0.6) is 5.75 Å². The van der Waals surface area contributed by atoms with Crippen LogP contribution in [0.1, 0.15) is 34.0 Å². The minimum absolute atomic E-state index is 0.151. The summed E-state index contributed by atoms with van der Waals surface area (Å²) in [7, 11) is 1.68. The van der Waals surface area contributed by atoms with Crippen molar-refractivity contribution in [2.24, 2.45) is 0 Å². The third-order valence-electron chi connectivity index (χ3n) is 6.41. The summed E-state index contributed by atoms with van der Waals surface area (Å²) in [5.74, 6) is 0.826. The number of hydrogen-bond acceptors (Lipinski definition) is 2. The Balaban J connectivity index is 1.57. The van der Waals surface area contributed by atoms with Crippen LogP contribution in [0.15, 0.2) is 60.7 Å². The van der Waals surface area contributed by atoms with Crippen molar-refractivity contribution in [2.45, 2.75) is 26.3 Å². The molecule has 2 amide bonds. The molecule has 1 aliphatic heterocycles. The normalized spacial score (nSPS) is 15.4. The Morgan fingerprint density at radius 1 is 1.09 bits per heavy atom. The second kappa shape index (κ2) is 8.49. The van der Waals surface area contributed by atoms with Crippen LogP contribution in [-0.2, 0) is 6.42 Å². The summed E-state index contributed by atoms with van der Waals surface area (Å²) in [5, 5.41) is 4.82. The lowest BCUT2D eigenvalue weighted by molar-refractivity contribution is 0.193. The molecule has 3 aromatic carbocycles. The van der Waals surface area contributed by atoms with Gasteiger partial charge in [-0.25, -0.2) is 4.79 Å². The summed E-state index contributed by atoms with van der Waals surface area (Å²) < 4.78 is 5.45. The first-order valence-electron chi connectivity index (χ1n) is 11.0. The Morgan fingerprint density at radius 2 is 1.88 bits per heavy atom. The average molecular weight is 460 g/mol. The van der Waals surface area contributed by atoms with Gasteiger partial charge in [0.05, 0.1) is 13.2 Å². The number of H-pyrrole nitrogens is 1. The number of aromatic nitrogens is 1. The molecular weight excluding hydrogens is 434 g/mol. The summed E-state index contributed by atoms with van der Waals surface area (Å²) in [6.07, 6.45) is 0.757. The number of ether oxygens (including phenoxy) is 1. The highest BCUT2D eigenvalue weighted by Gasteiger charge is 2.34. The number of hydrogen-bond donors (Lipinski definition) is 2. The van der Waals surface area contributed by atoms with Gasteiger partial charge in [0.15, 0.2) is 0 Å². The molecule has 168 valence electrons. The monoisotopic (exact) mass is 459 g/mol. The fourth-order valence-corrected chi connectivity index (χ4v) is 4.76. The summed E-state index contributed by atoms with van der Waals surface area (Å²) in [5.41, 5.74) is 7.24. The van der Waals surface area contributed by atoms with Gasteiger partial charge >= 0.3 is 6.03 Å². The minimum atomic E-state index is -0.228. The van der Waals surface area contributed by atoms with Gasteiger partial charge in [-0.15, -0.1) is 0 Å². The number of fused-ring (bicyclic) bond motifs is 3. The molecule has 5 nitrogen and oxygen atoms in total. The summed E-state index contributed by atoms with van der Waals surface area (Å²) in [6, 6.07) is 19.6. The molecule has 4 aromatic rings. The van der Waals surface area contributed by atoms with Crippen molar-refractivity contribution in [1.82, 2.24) is 9.88 Å².